The van der Waals surface area contributed by atoms with Crippen molar-refractivity contribution >= 4 is 17.7 Å². The van der Waals surface area contributed by atoms with E-state index in [1.54, 1.807) is 30.2 Å². The van der Waals surface area contributed by atoms with Gasteiger partial charge in [0.2, 0.25) is 0 Å². The number of methoxy groups -OCH3 is 1. The van der Waals surface area contributed by atoms with Crippen molar-refractivity contribution in [3.8, 4) is 0 Å². The number of aryl methyl sites for hydroxylation is 1. The zero-order chi connectivity index (χ0) is 15.7. The number of carbonyl (C=O) groups excluding carboxylic acids is 1. The molecule has 0 fully saturated rings. The third-order valence-electron chi connectivity index (χ3n) is 3.04. The van der Waals surface area contributed by atoms with Gasteiger partial charge in [0.15, 0.2) is 0 Å². The molecule has 0 unspecified atom stereocenters. The van der Waals surface area contributed by atoms with E-state index >= 15 is 0 Å². The number of benzene rings is 1. The average molecular weight is 294 g/mol. The lowest BCUT2D eigenvalue weighted by atomic mass is 10.1. The van der Waals surface area contributed by atoms with Crippen LogP contribution in [-0.4, -0.2) is 48.8 Å². The SMILES string of the molecule is CCN(CCOC)C(=O)Nc1cccc(CCC(=O)O)c1. The molecule has 0 heterocycles. The Balaban J connectivity index is 2.62. The van der Waals surface area contributed by atoms with E-state index in [2.05, 4.69) is 5.32 Å². The Morgan fingerprint density at radius 1 is 1.38 bits per heavy atom. The number of carboxylic acids is 1. The van der Waals surface area contributed by atoms with Crippen LogP contribution in [0.15, 0.2) is 24.3 Å². The molecule has 0 saturated carbocycles. The summed E-state index contributed by atoms with van der Waals surface area (Å²) < 4.78 is 4.97. The number of amides is 2. The summed E-state index contributed by atoms with van der Waals surface area (Å²) in [4.78, 5) is 24.3. The molecule has 2 N–H and O–H groups in total. The minimum Gasteiger partial charge on any atom is -0.481 e. The molecule has 116 valence electrons. The molecule has 0 bridgehead atoms. The molecule has 0 saturated heterocycles. The van der Waals surface area contributed by atoms with E-state index < -0.39 is 5.97 Å². The smallest absolute Gasteiger partial charge is 0.321 e. The standard InChI is InChI=1S/C15H22N2O4/c1-3-17(9-10-21-2)15(20)16-13-6-4-5-12(11-13)7-8-14(18)19/h4-6,11H,3,7-10H2,1-2H3,(H,16,20)(H,18,19). The van der Waals surface area contributed by atoms with E-state index in [0.29, 0.717) is 31.8 Å². The quantitative estimate of drug-likeness (QED) is 0.770. The van der Waals surface area contributed by atoms with Gasteiger partial charge in [0.05, 0.1) is 6.61 Å². The van der Waals surface area contributed by atoms with Gasteiger partial charge in [0, 0.05) is 32.3 Å². The van der Waals surface area contributed by atoms with Gasteiger partial charge in [-0.05, 0) is 31.0 Å². The van der Waals surface area contributed by atoms with E-state index in [4.69, 9.17) is 9.84 Å². The first-order chi connectivity index (χ1) is 10.1. The summed E-state index contributed by atoms with van der Waals surface area (Å²) in [5, 5.41) is 11.5. The van der Waals surface area contributed by atoms with Gasteiger partial charge >= 0.3 is 12.0 Å². The number of hydrogen-bond acceptors (Lipinski definition) is 3. The molecule has 0 aliphatic rings. The number of likely N-dealkylation sites (N-methyl/N-ethyl adjacent to an activating group) is 1. The van der Waals surface area contributed by atoms with Gasteiger partial charge in [-0.25, -0.2) is 4.79 Å². The zero-order valence-electron chi connectivity index (χ0n) is 12.5. The van der Waals surface area contributed by atoms with Crippen LogP contribution in [-0.2, 0) is 16.0 Å². The van der Waals surface area contributed by atoms with Crippen LogP contribution in [0, 0.1) is 0 Å². The second-order valence-corrected chi connectivity index (χ2v) is 4.60. The van der Waals surface area contributed by atoms with Gasteiger partial charge in [-0.15, -0.1) is 0 Å². The minimum absolute atomic E-state index is 0.0757. The first-order valence-corrected chi connectivity index (χ1v) is 6.92. The topological polar surface area (TPSA) is 78.9 Å². The maximum atomic E-state index is 12.1. The van der Waals surface area contributed by atoms with E-state index in [-0.39, 0.29) is 12.5 Å². The fraction of sp³-hybridized carbons (Fsp3) is 0.467. The monoisotopic (exact) mass is 294 g/mol. The maximum Gasteiger partial charge on any atom is 0.321 e. The molecular weight excluding hydrogens is 272 g/mol. The molecule has 0 aliphatic heterocycles. The lowest BCUT2D eigenvalue weighted by Crippen LogP contribution is -2.37. The predicted octanol–water partition coefficient (Wildman–Crippen LogP) is 2.20. The summed E-state index contributed by atoms with van der Waals surface area (Å²) in [6.45, 7) is 3.50. The summed E-state index contributed by atoms with van der Waals surface area (Å²) in [5.41, 5.74) is 1.55. The number of anilines is 1. The minimum atomic E-state index is -0.832. The van der Waals surface area contributed by atoms with Crippen LogP contribution >= 0.6 is 0 Å². The summed E-state index contributed by atoms with van der Waals surface area (Å²) in [6, 6.07) is 7.04. The molecule has 6 nitrogen and oxygen atoms in total. The molecule has 1 aromatic carbocycles. The zero-order valence-corrected chi connectivity index (χ0v) is 12.5. The summed E-state index contributed by atoms with van der Waals surface area (Å²) in [5.74, 6) is -0.832. The van der Waals surface area contributed by atoms with E-state index in [1.165, 1.54) is 0 Å². The van der Waals surface area contributed by atoms with Crippen molar-refractivity contribution in [3.05, 3.63) is 29.8 Å². The molecular formula is C15H22N2O4. The number of ether oxygens (including phenoxy) is 1. The number of nitrogens with one attached hydrogen (secondary N) is 1. The van der Waals surface area contributed by atoms with Crippen molar-refractivity contribution in [1.82, 2.24) is 4.90 Å². The fourth-order valence-electron chi connectivity index (χ4n) is 1.86. The Kier molecular flexibility index (Phi) is 7.25. The third-order valence-corrected chi connectivity index (χ3v) is 3.04. The van der Waals surface area contributed by atoms with Crippen molar-refractivity contribution in [2.24, 2.45) is 0 Å². The number of rotatable bonds is 8. The van der Waals surface area contributed by atoms with Crippen LogP contribution in [0.5, 0.6) is 0 Å². The van der Waals surface area contributed by atoms with Crippen molar-refractivity contribution in [2.75, 3.05) is 32.1 Å². The molecule has 2 amide bonds. The molecule has 1 rings (SSSR count). The van der Waals surface area contributed by atoms with E-state index in [9.17, 15) is 9.59 Å². The number of hydrogen-bond donors (Lipinski definition) is 2. The van der Waals surface area contributed by atoms with Gasteiger partial charge in [-0.3, -0.25) is 4.79 Å². The molecule has 0 aliphatic carbocycles. The summed E-state index contributed by atoms with van der Waals surface area (Å²) >= 11 is 0. The highest BCUT2D eigenvalue weighted by atomic mass is 16.5. The van der Waals surface area contributed by atoms with Crippen LogP contribution in [0.4, 0.5) is 10.5 Å². The molecule has 0 spiro atoms. The van der Waals surface area contributed by atoms with Crippen molar-refractivity contribution in [1.29, 1.82) is 0 Å². The molecule has 21 heavy (non-hydrogen) atoms. The first kappa shape index (κ1) is 17.0. The summed E-state index contributed by atoms with van der Waals surface area (Å²) in [7, 11) is 1.59. The number of urea groups is 1. The van der Waals surface area contributed by atoms with Crippen LogP contribution in [0.3, 0.4) is 0 Å². The maximum absolute atomic E-state index is 12.1. The molecule has 6 heteroatoms. The van der Waals surface area contributed by atoms with Crippen molar-refractivity contribution in [2.45, 2.75) is 19.8 Å². The number of nitrogens with zero attached hydrogens (tertiary/aromatic N) is 1. The van der Waals surface area contributed by atoms with Gasteiger partial charge in [-0.2, -0.15) is 0 Å². The first-order valence-electron chi connectivity index (χ1n) is 6.92. The van der Waals surface area contributed by atoms with Crippen LogP contribution in [0.25, 0.3) is 0 Å². The lowest BCUT2D eigenvalue weighted by molar-refractivity contribution is -0.136. The Hall–Kier alpha value is -2.08. The normalized spacial score (nSPS) is 10.2. The molecule has 0 atom stereocenters. The summed E-state index contributed by atoms with van der Waals surface area (Å²) in [6.07, 6.45) is 0.520. The van der Waals surface area contributed by atoms with Gasteiger partial charge in [-0.1, -0.05) is 12.1 Å². The molecule has 0 radical (unpaired) electrons. The number of aliphatic carboxylic acids is 1. The Bertz CT molecular complexity index is 476. The lowest BCUT2D eigenvalue weighted by Gasteiger charge is -2.21. The largest absolute Gasteiger partial charge is 0.481 e. The van der Waals surface area contributed by atoms with Gasteiger partial charge < -0.3 is 20.1 Å². The van der Waals surface area contributed by atoms with Gasteiger partial charge in [0.1, 0.15) is 0 Å². The highest BCUT2D eigenvalue weighted by molar-refractivity contribution is 5.89. The van der Waals surface area contributed by atoms with Crippen LogP contribution in [0.1, 0.15) is 18.9 Å². The number of carboxylic acid groups (broad SMARTS) is 1. The van der Waals surface area contributed by atoms with Crippen LogP contribution < -0.4 is 5.32 Å². The second kappa shape index (κ2) is 8.97. The fourth-order valence-corrected chi connectivity index (χ4v) is 1.86. The average Bonchev–Trinajstić information content (AvgIpc) is 2.46. The highest BCUT2D eigenvalue weighted by Gasteiger charge is 2.11. The predicted molar refractivity (Wildman–Crippen MR) is 80.5 cm³/mol. The van der Waals surface area contributed by atoms with Crippen LogP contribution in [0.2, 0.25) is 0 Å². The molecule has 0 aromatic heterocycles. The second-order valence-electron chi connectivity index (χ2n) is 4.60. The van der Waals surface area contributed by atoms with E-state index in [0.717, 1.165) is 5.56 Å². The Labute approximate surface area is 124 Å². The number of carbonyl (C=O) groups is 2. The van der Waals surface area contributed by atoms with Crippen molar-refractivity contribution in [3.63, 3.8) is 0 Å². The highest BCUT2D eigenvalue weighted by Crippen LogP contribution is 2.13. The van der Waals surface area contributed by atoms with Crippen molar-refractivity contribution < 1.29 is 19.4 Å². The Morgan fingerprint density at radius 3 is 2.76 bits per heavy atom. The Morgan fingerprint density at radius 2 is 2.14 bits per heavy atom. The van der Waals surface area contributed by atoms with E-state index in [1.807, 2.05) is 13.0 Å². The van der Waals surface area contributed by atoms with Gasteiger partial charge in [0.25, 0.3) is 0 Å². The third kappa shape index (κ3) is 6.27. The molecule has 1 aromatic rings.